The normalized spacial score (nSPS) is 13.3. The van der Waals surface area contributed by atoms with Crippen LogP contribution >= 0.6 is 0 Å². The van der Waals surface area contributed by atoms with Gasteiger partial charge in [-0.1, -0.05) is 6.07 Å². The van der Waals surface area contributed by atoms with E-state index in [1.54, 1.807) is 22.8 Å². The van der Waals surface area contributed by atoms with Crippen LogP contribution in [0.3, 0.4) is 0 Å². The van der Waals surface area contributed by atoms with Crippen molar-refractivity contribution in [3.8, 4) is 0 Å². The summed E-state index contributed by atoms with van der Waals surface area (Å²) < 4.78 is 1.66. The number of nitrogens with zero attached hydrogens (tertiary/aromatic N) is 3. The SMILES string of the molecule is CCNC(=O)c1ccc(C)c(Nc2ncnn3cc(C(=O)NC4CC4)c(C)c23)c1. The Morgan fingerprint density at radius 1 is 1.21 bits per heavy atom. The Kier molecular flexibility index (Phi) is 4.92. The van der Waals surface area contributed by atoms with E-state index in [1.807, 2.05) is 26.8 Å². The van der Waals surface area contributed by atoms with Gasteiger partial charge in [0.2, 0.25) is 0 Å². The molecule has 1 aliphatic rings. The van der Waals surface area contributed by atoms with Gasteiger partial charge in [-0.15, -0.1) is 0 Å². The summed E-state index contributed by atoms with van der Waals surface area (Å²) in [7, 11) is 0. The second kappa shape index (κ2) is 7.54. The molecule has 0 spiro atoms. The summed E-state index contributed by atoms with van der Waals surface area (Å²) in [6.07, 6.45) is 5.24. The fourth-order valence-electron chi connectivity index (χ4n) is 3.26. The Morgan fingerprint density at radius 3 is 2.72 bits per heavy atom. The van der Waals surface area contributed by atoms with E-state index in [0.29, 0.717) is 23.5 Å². The van der Waals surface area contributed by atoms with E-state index in [4.69, 9.17) is 0 Å². The molecule has 1 aromatic carbocycles. The molecule has 3 aromatic rings. The molecule has 1 aliphatic carbocycles. The monoisotopic (exact) mass is 392 g/mol. The Balaban J connectivity index is 1.69. The third kappa shape index (κ3) is 3.78. The molecule has 8 nitrogen and oxygen atoms in total. The van der Waals surface area contributed by atoms with Gasteiger partial charge < -0.3 is 16.0 Å². The number of hydrogen-bond donors (Lipinski definition) is 3. The highest BCUT2D eigenvalue weighted by Gasteiger charge is 2.26. The number of carbonyl (C=O) groups is 2. The maximum atomic E-state index is 12.6. The Hall–Kier alpha value is -3.42. The van der Waals surface area contributed by atoms with Gasteiger partial charge in [0.25, 0.3) is 11.8 Å². The molecule has 8 heteroatoms. The Bertz CT molecular complexity index is 1100. The van der Waals surface area contributed by atoms with Crippen molar-refractivity contribution in [2.75, 3.05) is 11.9 Å². The number of aromatic nitrogens is 3. The third-order valence-electron chi connectivity index (χ3n) is 5.07. The van der Waals surface area contributed by atoms with Crippen LogP contribution in [-0.2, 0) is 0 Å². The van der Waals surface area contributed by atoms with Gasteiger partial charge in [-0.05, 0) is 56.9 Å². The predicted molar refractivity (Wildman–Crippen MR) is 111 cm³/mol. The maximum Gasteiger partial charge on any atom is 0.253 e. The molecule has 3 N–H and O–H groups in total. The maximum absolute atomic E-state index is 12.6. The molecular formula is C21H24N6O2. The van der Waals surface area contributed by atoms with Crippen LogP contribution in [0.2, 0.25) is 0 Å². The quantitative estimate of drug-likeness (QED) is 0.599. The highest BCUT2D eigenvalue weighted by molar-refractivity contribution is 5.99. The Morgan fingerprint density at radius 2 is 2.00 bits per heavy atom. The lowest BCUT2D eigenvalue weighted by molar-refractivity contribution is 0.0944. The molecule has 2 heterocycles. The number of hydrogen-bond acceptors (Lipinski definition) is 5. The van der Waals surface area contributed by atoms with Crippen LogP contribution in [0.15, 0.2) is 30.7 Å². The largest absolute Gasteiger partial charge is 0.352 e. The van der Waals surface area contributed by atoms with E-state index in [-0.39, 0.29) is 17.9 Å². The first-order valence-corrected chi connectivity index (χ1v) is 9.77. The van der Waals surface area contributed by atoms with Crippen LogP contribution in [0.1, 0.15) is 51.6 Å². The van der Waals surface area contributed by atoms with Gasteiger partial charge in [0.15, 0.2) is 5.82 Å². The second-order valence-electron chi connectivity index (χ2n) is 7.33. The molecular weight excluding hydrogens is 368 g/mol. The summed E-state index contributed by atoms with van der Waals surface area (Å²) >= 11 is 0. The summed E-state index contributed by atoms with van der Waals surface area (Å²) in [4.78, 5) is 29.1. The molecule has 1 saturated carbocycles. The summed E-state index contributed by atoms with van der Waals surface area (Å²) in [6.45, 7) is 6.30. The molecule has 2 aromatic heterocycles. The van der Waals surface area contributed by atoms with E-state index in [2.05, 4.69) is 26.0 Å². The van der Waals surface area contributed by atoms with Crippen LogP contribution in [0.4, 0.5) is 11.5 Å². The summed E-state index contributed by atoms with van der Waals surface area (Å²) in [5.41, 5.74) is 4.46. The van der Waals surface area contributed by atoms with Gasteiger partial charge in [-0.3, -0.25) is 9.59 Å². The first-order valence-electron chi connectivity index (χ1n) is 9.77. The molecule has 0 radical (unpaired) electrons. The first-order chi connectivity index (χ1) is 14.0. The van der Waals surface area contributed by atoms with E-state index in [1.165, 1.54) is 6.33 Å². The average molecular weight is 392 g/mol. The zero-order chi connectivity index (χ0) is 20.5. The number of rotatable bonds is 6. The lowest BCUT2D eigenvalue weighted by Gasteiger charge is -2.12. The average Bonchev–Trinajstić information content (AvgIpc) is 3.44. The highest BCUT2D eigenvalue weighted by Crippen LogP contribution is 2.28. The standard InChI is InChI=1S/C21H24N6O2/c1-4-22-20(28)14-6-5-12(2)17(9-14)26-19-18-13(3)16(10-27(18)24-11-23-19)21(29)25-15-7-8-15/h5-6,9-11,15H,4,7-8H2,1-3H3,(H,22,28)(H,25,29)(H,23,24,26). The van der Waals surface area contributed by atoms with Crippen molar-refractivity contribution in [1.82, 2.24) is 25.2 Å². The van der Waals surface area contributed by atoms with Gasteiger partial charge in [0, 0.05) is 30.0 Å². The summed E-state index contributed by atoms with van der Waals surface area (Å²) in [6, 6.07) is 5.78. The van der Waals surface area contributed by atoms with E-state index in [0.717, 1.165) is 35.2 Å². The Labute approximate surface area is 168 Å². The number of amides is 2. The van der Waals surface area contributed by atoms with Crippen LogP contribution in [0.5, 0.6) is 0 Å². The molecule has 0 bridgehead atoms. The summed E-state index contributed by atoms with van der Waals surface area (Å²) in [5.74, 6) is 0.372. The third-order valence-corrected chi connectivity index (χ3v) is 5.07. The fourth-order valence-corrected chi connectivity index (χ4v) is 3.26. The van der Waals surface area contributed by atoms with Gasteiger partial charge >= 0.3 is 0 Å². The lowest BCUT2D eigenvalue weighted by atomic mass is 10.1. The van der Waals surface area contributed by atoms with Gasteiger partial charge in [0.1, 0.15) is 11.8 Å². The predicted octanol–water partition coefficient (Wildman–Crippen LogP) is 2.73. The van der Waals surface area contributed by atoms with E-state index in [9.17, 15) is 9.59 Å². The van der Waals surface area contributed by atoms with Crippen molar-refractivity contribution in [3.05, 3.63) is 53.0 Å². The number of aryl methyl sites for hydroxylation is 2. The van der Waals surface area contributed by atoms with Crippen molar-refractivity contribution in [2.24, 2.45) is 0 Å². The second-order valence-corrected chi connectivity index (χ2v) is 7.33. The van der Waals surface area contributed by atoms with Gasteiger partial charge in [-0.25, -0.2) is 9.50 Å². The number of nitrogens with one attached hydrogen (secondary N) is 3. The number of anilines is 2. The van der Waals surface area contributed by atoms with E-state index >= 15 is 0 Å². The fraction of sp³-hybridized carbons (Fsp3) is 0.333. The van der Waals surface area contributed by atoms with Gasteiger partial charge in [-0.2, -0.15) is 5.10 Å². The van der Waals surface area contributed by atoms with Crippen LogP contribution in [-0.4, -0.2) is 39.0 Å². The highest BCUT2D eigenvalue weighted by atomic mass is 16.2. The molecule has 150 valence electrons. The first kappa shape index (κ1) is 18.9. The number of carbonyl (C=O) groups excluding carboxylic acids is 2. The van der Waals surface area contributed by atoms with Gasteiger partial charge in [0.05, 0.1) is 5.56 Å². The van der Waals surface area contributed by atoms with Crippen molar-refractivity contribution in [3.63, 3.8) is 0 Å². The molecule has 0 aliphatic heterocycles. The van der Waals surface area contributed by atoms with Crippen LogP contribution < -0.4 is 16.0 Å². The molecule has 2 amide bonds. The van der Waals surface area contributed by atoms with Crippen molar-refractivity contribution in [2.45, 2.75) is 39.7 Å². The molecule has 0 saturated heterocycles. The zero-order valence-electron chi connectivity index (χ0n) is 16.7. The summed E-state index contributed by atoms with van der Waals surface area (Å²) in [5, 5.41) is 13.4. The molecule has 29 heavy (non-hydrogen) atoms. The molecule has 4 rings (SSSR count). The topological polar surface area (TPSA) is 100 Å². The van der Waals surface area contributed by atoms with E-state index < -0.39 is 0 Å². The van der Waals surface area contributed by atoms with Crippen molar-refractivity contribution < 1.29 is 9.59 Å². The lowest BCUT2D eigenvalue weighted by Crippen LogP contribution is -2.25. The minimum absolute atomic E-state index is 0.0872. The minimum Gasteiger partial charge on any atom is -0.352 e. The molecule has 0 atom stereocenters. The van der Waals surface area contributed by atoms with Crippen molar-refractivity contribution >= 4 is 28.8 Å². The number of benzene rings is 1. The molecule has 0 unspecified atom stereocenters. The smallest absolute Gasteiger partial charge is 0.253 e. The number of fused-ring (bicyclic) bond motifs is 1. The zero-order valence-corrected chi connectivity index (χ0v) is 16.7. The molecule has 1 fully saturated rings. The van der Waals surface area contributed by atoms with Crippen LogP contribution in [0, 0.1) is 13.8 Å². The van der Waals surface area contributed by atoms with Crippen molar-refractivity contribution in [1.29, 1.82) is 0 Å². The van der Waals surface area contributed by atoms with Crippen LogP contribution in [0.25, 0.3) is 5.52 Å². The minimum atomic E-state index is -0.124.